The topological polar surface area (TPSA) is 161 Å². The van der Waals surface area contributed by atoms with E-state index in [1.807, 2.05) is 0 Å². The fraction of sp³-hybridized carbons (Fsp3) is 0.333. The molecule has 3 rings (SSSR count). The first-order valence-corrected chi connectivity index (χ1v) is 15.8. The van der Waals surface area contributed by atoms with E-state index in [0.29, 0.717) is 22.6 Å². The minimum Gasteiger partial charge on any atom is -0.871 e. The van der Waals surface area contributed by atoms with E-state index in [-0.39, 0.29) is 11.1 Å². The normalized spacial score (nSPS) is 23.7. The summed E-state index contributed by atoms with van der Waals surface area (Å²) in [6, 6.07) is 0. The molecule has 0 atom stereocenters. The molecule has 3 aliphatic rings. The minimum absolute atomic E-state index is 0.0418. The van der Waals surface area contributed by atoms with Gasteiger partial charge in [0.05, 0.1) is 15.2 Å². The third-order valence-corrected chi connectivity index (χ3v) is 9.19. The molecule has 0 saturated carbocycles. The lowest BCUT2D eigenvalue weighted by Gasteiger charge is -2.32. The Labute approximate surface area is 247 Å². The predicted octanol–water partition coefficient (Wildman–Crippen LogP) is 2.87. The standard InChI is InChI=1S/C30H36N2O8S2/c1-9-11-21(41(35,36)37)13-19-17-31(7)25(29(19,3)4)15-23-27(33)24(28(23)34)16-26-30(5,6)20(18-32(26)8)14-22(12-10-2)42(38,39)40/h9-18H,1-8H3,(H2-,33,34,35,36,37,38,39,40)/p-2/b11-9-,12-10-,21-13+,22-14+. The van der Waals surface area contributed by atoms with Gasteiger partial charge in [0, 0.05) is 47.2 Å². The zero-order valence-corrected chi connectivity index (χ0v) is 26.4. The summed E-state index contributed by atoms with van der Waals surface area (Å²) in [6.45, 7) is 10.3. The summed E-state index contributed by atoms with van der Waals surface area (Å²) >= 11 is 0. The van der Waals surface area contributed by atoms with Gasteiger partial charge in [-0.2, -0.15) is 0 Å². The minimum atomic E-state index is -4.73. The van der Waals surface area contributed by atoms with Gasteiger partial charge >= 0.3 is 0 Å². The molecule has 0 N–H and O–H groups in total. The molecule has 2 heterocycles. The number of hydrogen-bond donors (Lipinski definition) is 0. The molecular formula is C30H34N2O8S2-2. The summed E-state index contributed by atoms with van der Waals surface area (Å²) in [4.78, 5) is 14.1. The molecule has 0 amide bonds. The van der Waals surface area contributed by atoms with Crippen molar-refractivity contribution < 1.29 is 40.4 Å². The van der Waals surface area contributed by atoms with Crippen LogP contribution in [0.1, 0.15) is 41.5 Å². The van der Waals surface area contributed by atoms with Crippen molar-refractivity contribution >= 4 is 31.7 Å². The first-order chi connectivity index (χ1) is 19.2. The number of nitrogens with zero attached hydrogens (tertiary/aromatic N) is 2. The van der Waals surface area contributed by atoms with Crippen molar-refractivity contribution in [3.05, 3.63) is 105 Å². The summed E-state index contributed by atoms with van der Waals surface area (Å²) in [7, 11) is -6.07. The SMILES string of the molecule is C/C=C\C(=C/C1=C[N+](C)=C(/C=C2\C(=O)C(/C=C3/N(C)C=C(/C=C(\C=C/C)S(=O)(=O)[O-])C3(C)C)=C2[O-])C1(C)C)S(=O)(=O)[O-]. The highest BCUT2D eigenvalue weighted by atomic mass is 32.2. The van der Waals surface area contributed by atoms with Crippen molar-refractivity contribution in [3.8, 4) is 0 Å². The highest BCUT2D eigenvalue weighted by Crippen LogP contribution is 2.45. The lowest BCUT2D eigenvalue weighted by molar-refractivity contribution is -0.419. The summed E-state index contributed by atoms with van der Waals surface area (Å²) in [5.41, 5.74) is 0.381. The second kappa shape index (κ2) is 11.3. The molecule has 0 aromatic heterocycles. The van der Waals surface area contributed by atoms with Gasteiger partial charge in [-0.05, 0) is 63.6 Å². The average molecular weight is 615 g/mol. The largest absolute Gasteiger partial charge is 0.871 e. The summed E-state index contributed by atoms with van der Waals surface area (Å²) in [6.07, 6.45) is 14.1. The van der Waals surface area contributed by atoms with E-state index >= 15 is 0 Å². The van der Waals surface area contributed by atoms with Crippen molar-refractivity contribution in [2.24, 2.45) is 10.8 Å². The van der Waals surface area contributed by atoms with Gasteiger partial charge in [-0.1, -0.05) is 31.8 Å². The second-order valence-corrected chi connectivity index (χ2v) is 13.9. The average Bonchev–Trinajstić information content (AvgIpc) is 3.19. The Balaban J connectivity index is 1.99. The maximum atomic E-state index is 13.2. The number of rotatable bonds is 8. The Bertz CT molecular complexity index is 1770. The van der Waals surface area contributed by atoms with Crippen LogP contribution < -0.4 is 5.11 Å². The number of hydrogen-bond acceptors (Lipinski definition) is 9. The van der Waals surface area contributed by atoms with Crippen LogP contribution in [0, 0.1) is 10.8 Å². The highest BCUT2D eigenvalue weighted by molar-refractivity contribution is 7.90. The zero-order valence-electron chi connectivity index (χ0n) is 24.8. The van der Waals surface area contributed by atoms with Gasteiger partial charge in [-0.3, -0.25) is 4.79 Å². The van der Waals surface area contributed by atoms with Crippen LogP contribution in [-0.4, -0.2) is 61.0 Å². The van der Waals surface area contributed by atoms with Gasteiger partial charge in [0.2, 0.25) is 0 Å². The molecule has 0 aromatic carbocycles. The van der Waals surface area contributed by atoms with Crippen LogP contribution in [0.2, 0.25) is 0 Å². The third kappa shape index (κ3) is 6.12. The Morgan fingerprint density at radius 3 is 1.83 bits per heavy atom. The molecule has 10 nitrogen and oxygen atoms in total. The molecular weight excluding hydrogens is 580 g/mol. The van der Waals surface area contributed by atoms with Crippen LogP contribution in [0.15, 0.2) is 105 Å². The molecule has 12 heteroatoms. The number of carbonyl (C=O) groups excluding carboxylic acids is 1. The quantitative estimate of drug-likeness (QED) is 0.173. The van der Waals surface area contributed by atoms with E-state index < -0.39 is 52.4 Å². The number of allylic oxidation sites excluding steroid dienone is 12. The molecule has 0 saturated heterocycles. The maximum Gasteiger partial charge on any atom is 0.192 e. The third-order valence-electron chi connectivity index (χ3n) is 7.52. The first-order valence-electron chi connectivity index (χ1n) is 13.0. The second-order valence-electron chi connectivity index (χ2n) is 11.2. The van der Waals surface area contributed by atoms with Crippen LogP contribution in [-0.2, 0) is 25.0 Å². The van der Waals surface area contributed by atoms with Crippen LogP contribution in [0.3, 0.4) is 0 Å². The molecule has 1 aliphatic carbocycles. The summed E-state index contributed by atoms with van der Waals surface area (Å²) < 4.78 is 71.9. The van der Waals surface area contributed by atoms with E-state index in [4.69, 9.17) is 0 Å². The summed E-state index contributed by atoms with van der Waals surface area (Å²) in [5, 5.41) is 13.2. The Hall–Kier alpha value is -3.58. The van der Waals surface area contributed by atoms with Crippen molar-refractivity contribution in [1.29, 1.82) is 0 Å². The predicted molar refractivity (Wildman–Crippen MR) is 156 cm³/mol. The Morgan fingerprint density at radius 2 is 1.38 bits per heavy atom. The molecule has 0 radical (unpaired) electrons. The maximum absolute atomic E-state index is 13.2. The highest BCUT2D eigenvalue weighted by Gasteiger charge is 2.42. The van der Waals surface area contributed by atoms with Gasteiger partial charge in [0.1, 0.15) is 27.3 Å². The molecule has 0 fully saturated rings. The van der Waals surface area contributed by atoms with Crippen molar-refractivity contribution in [2.75, 3.05) is 14.1 Å². The van der Waals surface area contributed by atoms with Crippen LogP contribution in [0.5, 0.6) is 0 Å². The molecule has 0 spiro atoms. The smallest absolute Gasteiger partial charge is 0.192 e. The van der Waals surface area contributed by atoms with Crippen LogP contribution in [0.4, 0.5) is 0 Å². The van der Waals surface area contributed by atoms with E-state index in [9.17, 15) is 35.8 Å². The van der Waals surface area contributed by atoms with E-state index in [2.05, 4.69) is 0 Å². The molecule has 0 unspecified atom stereocenters. The van der Waals surface area contributed by atoms with Crippen molar-refractivity contribution in [1.82, 2.24) is 4.90 Å². The fourth-order valence-corrected chi connectivity index (χ4v) is 6.22. The molecule has 42 heavy (non-hydrogen) atoms. The van der Waals surface area contributed by atoms with E-state index in [0.717, 1.165) is 0 Å². The van der Waals surface area contributed by atoms with Crippen molar-refractivity contribution in [3.63, 3.8) is 0 Å². The van der Waals surface area contributed by atoms with E-state index in [1.54, 1.807) is 77.5 Å². The van der Waals surface area contributed by atoms with Crippen molar-refractivity contribution in [2.45, 2.75) is 41.5 Å². The molecule has 2 aliphatic heterocycles. The van der Waals surface area contributed by atoms with Gasteiger partial charge in [-0.15, -0.1) is 0 Å². The number of carbonyl (C=O) groups is 1. The van der Waals surface area contributed by atoms with Gasteiger partial charge in [0.15, 0.2) is 17.7 Å². The molecule has 0 aromatic rings. The Morgan fingerprint density at radius 1 is 0.881 bits per heavy atom. The van der Waals surface area contributed by atoms with Gasteiger partial charge < -0.3 is 19.1 Å². The van der Waals surface area contributed by atoms with E-state index in [1.165, 1.54) is 48.6 Å². The monoisotopic (exact) mass is 614 g/mol. The fourth-order valence-electron chi connectivity index (χ4n) is 5.07. The zero-order chi connectivity index (χ0) is 32.0. The van der Waals surface area contributed by atoms with Crippen LogP contribution in [0.25, 0.3) is 0 Å². The lowest BCUT2D eigenvalue weighted by Crippen LogP contribution is -2.33. The number of ketones is 1. The Kier molecular flexibility index (Phi) is 8.82. The molecule has 0 bridgehead atoms. The van der Waals surface area contributed by atoms with Crippen LogP contribution >= 0.6 is 0 Å². The summed E-state index contributed by atoms with van der Waals surface area (Å²) in [5.74, 6) is -0.954. The van der Waals surface area contributed by atoms with Gasteiger partial charge in [0.25, 0.3) is 0 Å². The number of Topliss-reactive ketones (excluding diaryl/α,β-unsaturated/α-hetero) is 1. The van der Waals surface area contributed by atoms with Gasteiger partial charge in [-0.25, -0.2) is 21.4 Å². The lowest BCUT2D eigenvalue weighted by atomic mass is 9.77. The first kappa shape index (κ1) is 32.9. The molecule has 226 valence electrons.